The Morgan fingerprint density at radius 3 is 2.24 bits per heavy atom. The molecule has 154 valence electrons. The number of carbonyl (C=O) groups excluding carboxylic acids is 2. The van der Waals surface area contributed by atoms with Crippen LogP contribution in [-0.4, -0.2) is 46.9 Å². The van der Waals surface area contributed by atoms with E-state index in [1.54, 1.807) is 48.5 Å². The number of nitrogens with one attached hydrogen (secondary N) is 2. The first kappa shape index (κ1) is 22.2. The lowest BCUT2D eigenvalue weighted by Gasteiger charge is -2.20. The molecule has 0 saturated carbocycles. The second-order valence-electron chi connectivity index (χ2n) is 6.14. The van der Waals surface area contributed by atoms with Gasteiger partial charge in [-0.1, -0.05) is 60.1 Å². The zero-order valence-corrected chi connectivity index (χ0v) is 16.1. The largest absolute Gasteiger partial charge is 0.480 e. The van der Waals surface area contributed by atoms with Gasteiger partial charge >= 0.3 is 12.1 Å². The Balaban J connectivity index is 1.93. The monoisotopic (exact) mass is 420 g/mol. The third-order valence-corrected chi connectivity index (χ3v) is 4.37. The number of hydrogen-bond donors (Lipinski definition) is 4. The molecule has 2 aromatic rings. The van der Waals surface area contributed by atoms with Crippen molar-refractivity contribution in [1.82, 2.24) is 10.6 Å². The molecule has 0 saturated heterocycles. The van der Waals surface area contributed by atoms with Crippen molar-refractivity contribution in [2.24, 2.45) is 0 Å². The van der Waals surface area contributed by atoms with E-state index in [9.17, 15) is 24.6 Å². The predicted molar refractivity (Wildman–Crippen MR) is 105 cm³/mol. The third-order valence-electron chi connectivity index (χ3n) is 4.00. The first-order valence-corrected chi connectivity index (χ1v) is 9.13. The van der Waals surface area contributed by atoms with Gasteiger partial charge in [0.05, 0.1) is 6.61 Å². The van der Waals surface area contributed by atoms with Crippen LogP contribution in [-0.2, 0) is 27.4 Å². The molecule has 0 radical (unpaired) electrons. The average molecular weight is 421 g/mol. The van der Waals surface area contributed by atoms with Crippen LogP contribution in [0.4, 0.5) is 4.79 Å². The highest BCUT2D eigenvalue weighted by atomic mass is 35.5. The number of benzene rings is 2. The second-order valence-corrected chi connectivity index (χ2v) is 6.54. The fraction of sp³-hybridized carbons (Fsp3) is 0.250. The molecule has 4 N–H and O–H groups in total. The number of aliphatic hydroxyl groups excluding tert-OH is 1. The van der Waals surface area contributed by atoms with Crippen molar-refractivity contribution >= 4 is 29.6 Å². The van der Waals surface area contributed by atoms with E-state index in [2.05, 4.69) is 10.6 Å². The van der Waals surface area contributed by atoms with Crippen LogP contribution in [0.15, 0.2) is 54.6 Å². The second kappa shape index (κ2) is 11.0. The molecule has 0 aromatic heterocycles. The summed E-state index contributed by atoms with van der Waals surface area (Å²) in [5.74, 6) is -2.13. The number of aliphatic carboxylic acids is 1. The molecule has 0 aliphatic rings. The van der Waals surface area contributed by atoms with Crippen molar-refractivity contribution in [2.45, 2.75) is 25.1 Å². The number of hydrogen-bond acceptors (Lipinski definition) is 5. The van der Waals surface area contributed by atoms with Crippen LogP contribution in [0.5, 0.6) is 0 Å². The van der Waals surface area contributed by atoms with Crippen LogP contribution in [0.1, 0.15) is 11.1 Å². The molecule has 29 heavy (non-hydrogen) atoms. The topological polar surface area (TPSA) is 125 Å². The van der Waals surface area contributed by atoms with Crippen LogP contribution < -0.4 is 10.6 Å². The number of rotatable bonds is 9. The maximum atomic E-state index is 12.3. The van der Waals surface area contributed by atoms with Gasteiger partial charge in [-0.05, 0) is 17.2 Å². The molecule has 0 unspecified atom stereocenters. The molecule has 2 aromatic carbocycles. The molecule has 0 spiro atoms. The number of ether oxygens (including phenoxy) is 1. The Labute approximate surface area is 172 Å². The lowest BCUT2D eigenvalue weighted by molar-refractivity contribution is -0.142. The van der Waals surface area contributed by atoms with Crippen molar-refractivity contribution in [1.29, 1.82) is 0 Å². The van der Waals surface area contributed by atoms with Gasteiger partial charge in [0.2, 0.25) is 5.91 Å². The highest BCUT2D eigenvalue weighted by molar-refractivity contribution is 6.31. The van der Waals surface area contributed by atoms with Crippen molar-refractivity contribution in [3.63, 3.8) is 0 Å². The highest BCUT2D eigenvalue weighted by Gasteiger charge is 2.27. The van der Waals surface area contributed by atoms with Gasteiger partial charge in [0.25, 0.3) is 0 Å². The van der Waals surface area contributed by atoms with Gasteiger partial charge in [-0.2, -0.15) is 0 Å². The van der Waals surface area contributed by atoms with E-state index in [4.69, 9.17) is 16.3 Å². The molecule has 2 amide bonds. The van der Waals surface area contributed by atoms with E-state index < -0.39 is 36.7 Å². The van der Waals surface area contributed by atoms with Crippen molar-refractivity contribution < 1.29 is 29.3 Å². The summed E-state index contributed by atoms with van der Waals surface area (Å²) in [6, 6.07) is 12.9. The van der Waals surface area contributed by atoms with E-state index in [-0.39, 0.29) is 13.0 Å². The number of aliphatic hydroxyl groups is 1. The lowest BCUT2D eigenvalue weighted by Crippen LogP contribution is -2.53. The Morgan fingerprint density at radius 1 is 0.966 bits per heavy atom. The summed E-state index contributed by atoms with van der Waals surface area (Å²) in [5, 5.41) is 23.7. The quantitative estimate of drug-likeness (QED) is 0.489. The summed E-state index contributed by atoms with van der Waals surface area (Å²) in [5.41, 5.74) is 1.29. The number of alkyl carbamates (subject to hydrolysis) is 1. The average Bonchev–Trinajstić information content (AvgIpc) is 2.72. The number of amides is 2. The molecule has 2 atom stereocenters. The van der Waals surface area contributed by atoms with E-state index in [0.29, 0.717) is 10.6 Å². The minimum absolute atomic E-state index is 0.0172. The fourth-order valence-electron chi connectivity index (χ4n) is 2.46. The van der Waals surface area contributed by atoms with E-state index in [1.165, 1.54) is 0 Å². The van der Waals surface area contributed by atoms with Gasteiger partial charge in [0.1, 0.15) is 18.7 Å². The zero-order chi connectivity index (χ0) is 21.2. The predicted octanol–water partition coefficient (Wildman–Crippen LogP) is 1.74. The van der Waals surface area contributed by atoms with E-state index >= 15 is 0 Å². The Bertz CT molecular complexity index is 846. The summed E-state index contributed by atoms with van der Waals surface area (Å²) < 4.78 is 5.00. The molecular weight excluding hydrogens is 400 g/mol. The van der Waals surface area contributed by atoms with Crippen molar-refractivity contribution in [3.05, 3.63) is 70.7 Å². The molecule has 9 heteroatoms. The summed E-state index contributed by atoms with van der Waals surface area (Å²) in [7, 11) is 0. The van der Waals surface area contributed by atoms with Crippen molar-refractivity contribution in [3.8, 4) is 0 Å². The normalized spacial score (nSPS) is 12.5. The standard InChI is InChI=1S/C20H21ClN2O6/c21-15-9-5-4-8-14(15)10-16(19(26)27)22-18(25)17(11-24)23-20(28)29-12-13-6-2-1-3-7-13/h1-9,16-17,24H,10-12H2,(H,22,25)(H,23,28)(H,26,27)/t16-,17-/m0/s1. The van der Waals surface area contributed by atoms with Gasteiger partial charge in [-0.25, -0.2) is 9.59 Å². The Kier molecular flexibility index (Phi) is 8.45. The molecule has 0 heterocycles. The first-order valence-electron chi connectivity index (χ1n) is 8.75. The van der Waals surface area contributed by atoms with Crippen LogP contribution in [0.2, 0.25) is 5.02 Å². The molecule has 0 bridgehead atoms. The minimum Gasteiger partial charge on any atom is -0.480 e. The Morgan fingerprint density at radius 2 is 1.62 bits per heavy atom. The molecule has 8 nitrogen and oxygen atoms in total. The van der Waals surface area contributed by atoms with Gasteiger partial charge in [-0.15, -0.1) is 0 Å². The van der Waals surface area contributed by atoms with Crippen LogP contribution >= 0.6 is 11.6 Å². The van der Waals surface area contributed by atoms with Gasteiger partial charge in [0, 0.05) is 11.4 Å². The maximum Gasteiger partial charge on any atom is 0.408 e. The van der Waals surface area contributed by atoms with Gasteiger partial charge < -0.3 is 25.6 Å². The van der Waals surface area contributed by atoms with E-state index in [0.717, 1.165) is 5.56 Å². The summed E-state index contributed by atoms with van der Waals surface area (Å²) >= 11 is 6.03. The smallest absolute Gasteiger partial charge is 0.408 e. The van der Waals surface area contributed by atoms with Crippen LogP contribution in [0.25, 0.3) is 0 Å². The minimum atomic E-state index is -1.37. The number of carboxylic acids is 1. The first-order chi connectivity index (χ1) is 13.9. The Hall–Kier alpha value is -3.10. The van der Waals surface area contributed by atoms with Crippen LogP contribution in [0.3, 0.4) is 0 Å². The van der Waals surface area contributed by atoms with Gasteiger partial charge in [0.15, 0.2) is 0 Å². The summed E-state index contributed by atoms with van der Waals surface area (Å²) in [6.07, 6.45) is -0.974. The van der Waals surface area contributed by atoms with E-state index in [1.807, 2.05) is 6.07 Å². The lowest BCUT2D eigenvalue weighted by atomic mass is 10.1. The molecule has 2 rings (SSSR count). The fourth-order valence-corrected chi connectivity index (χ4v) is 2.67. The van der Waals surface area contributed by atoms with Crippen molar-refractivity contribution in [2.75, 3.05) is 6.61 Å². The molecule has 0 aliphatic heterocycles. The molecular formula is C20H21ClN2O6. The third kappa shape index (κ3) is 7.10. The summed E-state index contributed by atoms with van der Waals surface area (Å²) in [4.78, 5) is 35.7. The number of carboxylic acid groups (broad SMARTS) is 1. The number of carbonyl (C=O) groups is 3. The zero-order valence-electron chi connectivity index (χ0n) is 15.4. The molecule has 0 aliphatic carbocycles. The highest BCUT2D eigenvalue weighted by Crippen LogP contribution is 2.16. The van der Waals surface area contributed by atoms with Gasteiger partial charge in [-0.3, -0.25) is 4.79 Å². The SMILES string of the molecule is O=C(N[C@@H](CO)C(=O)N[C@@H](Cc1ccccc1Cl)C(=O)O)OCc1ccccc1. The van der Waals surface area contributed by atoms with Crippen LogP contribution in [0, 0.1) is 0 Å². The number of halogens is 1. The summed E-state index contributed by atoms with van der Waals surface area (Å²) in [6.45, 7) is -0.749. The maximum absolute atomic E-state index is 12.3. The molecule has 0 fully saturated rings.